The van der Waals surface area contributed by atoms with Crippen molar-refractivity contribution in [2.24, 2.45) is 5.41 Å². The lowest BCUT2D eigenvalue weighted by molar-refractivity contribution is -0.121. The molecule has 4 heteroatoms. The maximum absolute atomic E-state index is 13.0. The Bertz CT molecular complexity index is 806. The van der Waals surface area contributed by atoms with Crippen LogP contribution in [0.5, 0.6) is 0 Å². The molecule has 3 nitrogen and oxygen atoms in total. The third kappa shape index (κ3) is 2.18. The standard InChI is InChI=1S/C20H18N2OS/c1-19(17(23)22-18-21-12-13-24-18)14-20(19,15-8-4-2-5-9-15)16-10-6-3-7-11-16/h2-13H,14H2,1H3,(H,21,22,23). The summed E-state index contributed by atoms with van der Waals surface area (Å²) in [6.07, 6.45) is 2.50. The number of amides is 1. The fraction of sp³-hybridized carbons (Fsp3) is 0.200. The van der Waals surface area contributed by atoms with Crippen LogP contribution in [0.2, 0.25) is 0 Å². The summed E-state index contributed by atoms with van der Waals surface area (Å²) in [7, 11) is 0. The second-order valence-corrected chi connectivity index (χ2v) is 7.33. The van der Waals surface area contributed by atoms with E-state index in [0.29, 0.717) is 5.13 Å². The highest BCUT2D eigenvalue weighted by atomic mass is 32.1. The summed E-state index contributed by atoms with van der Waals surface area (Å²) < 4.78 is 0. The quantitative estimate of drug-likeness (QED) is 0.764. The number of hydrogen-bond donors (Lipinski definition) is 1. The number of benzene rings is 2. The van der Waals surface area contributed by atoms with E-state index in [1.165, 1.54) is 22.5 Å². The van der Waals surface area contributed by atoms with Gasteiger partial charge < -0.3 is 5.32 Å². The van der Waals surface area contributed by atoms with Gasteiger partial charge in [-0.3, -0.25) is 4.79 Å². The van der Waals surface area contributed by atoms with Gasteiger partial charge in [0.2, 0.25) is 5.91 Å². The Hall–Kier alpha value is -2.46. The summed E-state index contributed by atoms with van der Waals surface area (Å²) in [5.41, 5.74) is 1.61. The number of nitrogens with one attached hydrogen (secondary N) is 1. The molecule has 120 valence electrons. The van der Waals surface area contributed by atoms with Crippen LogP contribution in [-0.2, 0) is 10.2 Å². The van der Waals surface area contributed by atoms with Gasteiger partial charge in [0, 0.05) is 17.0 Å². The molecule has 0 spiro atoms. The van der Waals surface area contributed by atoms with E-state index in [4.69, 9.17) is 0 Å². The molecule has 1 aliphatic carbocycles. The fourth-order valence-corrected chi connectivity index (χ4v) is 4.26. The molecular weight excluding hydrogens is 316 g/mol. The Balaban J connectivity index is 1.75. The van der Waals surface area contributed by atoms with Gasteiger partial charge >= 0.3 is 0 Å². The number of aromatic nitrogens is 1. The van der Waals surface area contributed by atoms with Crippen molar-refractivity contribution >= 4 is 22.4 Å². The molecule has 1 aromatic heterocycles. The Morgan fingerprint density at radius 2 is 1.62 bits per heavy atom. The van der Waals surface area contributed by atoms with E-state index in [-0.39, 0.29) is 11.3 Å². The first-order valence-electron chi connectivity index (χ1n) is 7.99. The minimum absolute atomic E-state index is 0.0326. The van der Waals surface area contributed by atoms with Crippen LogP contribution in [0, 0.1) is 5.41 Å². The van der Waals surface area contributed by atoms with Crippen molar-refractivity contribution in [1.29, 1.82) is 0 Å². The molecule has 1 amide bonds. The van der Waals surface area contributed by atoms with Crippen LogP contribution in [0.4, 0.5) is 5.13 Å². The first-order chi connectivity index (χ1) is 11.7. The van der Waals surface area contributed by atoms with Gasteiger partial charge in [-0.25, -0.2) is 4.98 Å². The van der Waals surface area contributed by atoms with E-state index in [1.54, 1.807) is 6.20 Å². The summed E-state index contributed by atoms with van der Waals surface area (Å²) in [5.74, 6) is 0.0326. The van der Waals surface area contributed by atoms with Crippen LogP contribution >= 0.6 is 11.3 Å². The van der Waals surface area contributed by atoms with E-state index in [9.17, 15) is 4.79 Å². The van der Waals surface area contributed by atoms with Crippen molar-refractivity contribution in [3.8, 4) is 0 Å². The summed E-state index contributed by atoms with van der Waals surface area (Å²) >= 11 is 1.44. The molecule has 4 rings (SSSR count). The van der Waals surface area contributed by atoms with E-state index in [1.807, 2.05) is 41.8 Å². The van der Waals surface area contributed by atoms with E-state index < -0.39 is 5.41 Å². The van der Waals surface area contributed by atoms with Crippen molar-refractivity contribution in [1.82, 2.24) is 4.98 Å². The molecule has 3 aromatic rings. The lowest BCUT2D eigenvalue weighted by Crippen LogP contribution is -2.30. The third-order valence-corrected chi connectivity index (χ3v) is 5.81. The Labute approximate surface area is 145 Å². The van der Waals surface area contributed by atoms with Crippen LogP contribution < -0.4 is 5.32 Å². The predicted octanol–water partition coefficient (Wildman–Crippen LogP) is 4.48. The lowest BCUT2D eigenvalue weighted by atomic mass is 9.80. The first kappa shape index (κ1) is 15.1. The second kappa shape index (κ2) is 5.56. The molecular formula is C20H18N2OS. The highest BCUT2D eigenvalue weighted by Gasteiger charge is 2.70. The van der Waals surface area contributed by atoms with Crippen LogP contribution in [0.25, 0.3) is 0 Å². The molecule has 1 N–H and O–H groups in total. The topological polar surface area (TPSA) is 42.0 Å². The highest BCUT2D eigenvalue weighted by molar-refractivity contribution is 7.13. The molecule has 1 fully saturated rings. The Kier molecular flexibility index (Phi) is 3.50. The minimum Gasteiger partial charge on any atom is -0.301 e. The number of carbonyl (C=O) groups excluding carboxylic acids is 1. The monoisotopic (exact) mass is 334 g/mol. The summed E-state index contributed by atoms with van der Waals surface area (Å²) in [5, 5.41) is 5.51. The number of hydrogen-bond acceptors (Lipinski definition) is 3. The van der Waals surface area contributed by atoms with Gasteiger partial charge in [0.05, 0.1) is 5.41 Å². The molecule has 1 unspecified atom stereocenters. The number of nitrogens with zero attached hydrogens (tertiary/aromatic N) is 1. The van der Waals surface area contributed by atoms with Crippen molar-refractivity contribution in [2.45, 2.75) is 18.8 Å². The summed E-state index contributed by atoms with van der Waals surface area (Å²) in [4.78, 5) is 17.2. The zero-order chi connectivity index (χ0) is 16.6. The van der Waals surface area contributed by atoms with Crippen molar-refractivity contribution < 1.29 is 4.79 Å². The van der Waals surface area contributed by atoms with E-state index in [2.05, 4.69) is 41.5 Å². The zero-order valence-corrected chi connectivity index (χ0v) is 14.2. The first-order valence-corrected chi connectivity index (χ1v) is 8.87. The maximum Gasteiger partial charge on any atom is 0.233 e. The smallest absolute Gasteiger partial charge is 0.233 e. The van der Waals surface area contributed by atoms with Crippen molar-refractivity contribution in [3.63, 3.8) is 0 Å². The largest absolute Gasteiger partial charge is 0.301 e. The molecule has 1 saturated carbocycles. The molecule has 1 heterocycles. The predicted molar refractivity (Wildman–Crippen MR) is 97.1 cm³/mol. The number of rotatable bonds is 4. The molecule has 0 radical (unpaired) electrons. The molecule has 2 aromatic carbocycles. The molecule has 1 atom stereocenters. The van der Waals surface area contributed by atoms with Gasteiger partial charge in [0.25, 0.3) is 0 Å². The normalized spacial score (nSPS) is 21.2. The summed E-state index contributed by atoms with van der Waals surface area (Å²) in [6, 6.07) is 20.7. The van der Waals surface area contributed by atoms with Crippen LogP contribution in [-0.4, -0.2) is 10.9 Å². The van der Waals surface area contributed by atoms with Crippen molar-refractivity contribution in [3.05, 3.63) is 83.4 Å². The molecule has 0 saturated heterocycles. The zero-order valence-electron chi connectivity index (χ0n) is 13.4. The summed E-state index contributed by atoms with van der Waals surface area (Å²) in [6.45, 7) is 2.05. The Morgan fingerprint density at radius 3 is 2.12 bits per heavy atom. The fourth-order valence-electron chi connectivity index (χ4n) is 3.73. The van der Waals surface area contributed by atoms with E-state index in [0.717, 1.165) is 6.42 Å². The second-order valence-electron chi connectivity index (χ2n) is 6.44. The number of carbonyl (C=O) groups is 1. The van der Waals surface area contributed by atoms with Gasteiger partial charge in [0.15, 0.2) is 5.13 Å². The molecule has 0 aliphatic heterocycles. The van der Waals surface area contributed by atoms with Crippen LogP contribution in [0.3, 0.4) is 0 Å². The maximum atomic E-state index is 13.0. The van der Waals surface area contributed by atoms with Gasteiger partial charge in [-0.2, -0.15) is 0 Å². The third-order valence-electron chi connectivity index (χ3n) is 5.12. The molecule has 0 bridgehead atoms. The van der Waals surface area contributed by atoms with Crippen molar-refractivity contribution in [2.75, 3.05) is 5.32 Å². The minimum atomic E-state index is -0.485. The molecule has 24 heavy (non-hydrogen) atoms. The van der Waals surface area contributed by atoms with Gasteiger partial charge in [-0.15, -0.1) is 11.3 Å². The SMILES string of the molecule is CC1(C(=O)Nc2nccs2)CC1(c1ccccc1)c1ccccc1. The van der Waals surface area contributed by atoms with Gasteiger partial charge in [-0.1, -0.05) is 60.7 Å². The average Bonchev–Trinajstić information content (AvgIpc) is 2.99. The number of thiazole rings is 1. The Morgan fingerprint density at radius 1 is 1.04 bits per heavy atom. The molecule has 1 aliphatic rings. The van der Waals surface area contributed by atoms with Crippen LogP contribution in [0.1, 0.15) is 24.5 Å². The van der Waals surface area contributed by atoms with E-state index >= 15 is 0 Å². The van der Waals surface area contributed by atoms with Gasteiger partial charge in [-0.05, 0) is 24.5 Å². The number of anilines is 1. The highest BCUT2D eigenvalue weighted by Crippen LogP contribution is 2.68. The average molecular weight is 334 g/mol. The van der Waals surface area contributed by atoms with Gasteiger partial charge in [0.1, 0.15) is 0 Å². The lowest BCUT2D eigenvalue weighted by Gasteiger charge is -2.23. The van der Waals surface area contributed by atoms with Crippen LogP contribution in [0.15, 0.2) is 72.2 Å².